The van der Waals surface area contributed by atoms with Crippen molar-refractivity contribution >= 4 is 37.9 Å². The second kappa shape index (κ2) is 17.1. The molecule has 0 radical (unpaired) electrons. The molecular formula is C47H75LiNPSi2. The number of rotatable bonds is 13. The van der Waals surface area contributed by atoms with E-state index in [4.69, 9.17) is 0 Å². The fourth-order valence-electron chi connectivity index (χ4n) is 8.79. The summed E-state index contributed by atoms with van der Waals surface area (Å²) >= 11 is 0. The molecule has 1 heterocycles. The maximum absolute atomic E-state index is 2.87. The van der Waals surface area contributed by atoms with Crippen LogP contribution in [0.15, 0.2) is 36.4 Å². The van der Waals surface area contributed by atoms with E-state index in [1.54, 1.807) is 46.2 Å². The van der Waals surface area contributed by atoms with Gasteiger partial charge >= 0.3 is 18.9 Å². The Kier molecular flexibility index (Phi) is 14.9. The summed E-state index contributed by atoms with van der Waals surface area (Å²) in [7, 11) is 1.86. The molecule has 1 unspecified atom stereocenters. The average Bonchev–Trinajstić information content (AvgIpc) is 3.73. The van der Waals surface area contributed by atoms with Crippen molar-refractivity contribution in [1.29, 1.82) is 0 Å². The second-order valence-electron chi connectivity index (χ2n) is 19.0. The molecule has 1 saturated heterocycles. The standard InChI is InChI=1S/C47H75NPSi2.Li/c1-27(2)36-21-39(30(7)8)45(40(22-36)31(9)10)50(46-41(32(11)12)23-37(28(3)4)24-42(46)33(13)14)49-51(50,48(19)20)47-43(34(15)16)25-38(29(5)6)26-44(47)35(17)18;/h21-35H,1-20H3;/q-1;+1. The largest absolute Gasteiger partial charge is 1.00 e. The number of hydrogen-bond donors (Lipinski definition) is 0. The van der Waals surface area contributed by atoms with Crippen molar-refractivity contribution in [1.82, 2.24) is 4.57 Å². The third-order valence-electron chi connectivity index (χ3n) is 11.9. The van der Waals surface area contributed by atoms with E-state index in [2.05, 4.69) is 180 Å². The van der Waals surface area contributed by atoms with Gasteiger partial charge in [0.1, 0.15) is 0 Å². The fraction of sp³-hybridized carbons (Fsp3) is 0.617. The van der Waals surface area contributed by atoms with Crippen molar-refractivity contribution < 1.29 is 18.9 Å². The summed E-state index contributed by atoms with van der Waals surface area (Å²) in [5.41, 5.74) is 14.4. The molecule has 1 atom stereocenters. The summed E-state index contributed by atoms with van der Waals surface area (Å²) in [5.74, 6) is 4.31. The van der Waals surface area contributed by atoms with Gasteiger partial charge in [0, 0.05) is 0 Å². The van der Waals surface area contributed by atoms with Crippen molar-refractivity contribution in [2.24, 2.45) is 0 Å². The first-order chi connectivity index (χ1) is 23.6. The van der Waals surface area contributed by atoms with Crippen LogP contribution in [0.3, 0.4) is 0 Å². The quantitative estimate of drug-likeness (QED) is 0.124. The van der Waals surface area contributed by atoms with Gasteiger partial charge in [-0.1, -0.05) is 177 Å². The Balaban J connectivity index is 0.00000729. The molecule has 52 heavy (non-hydrogen) atoms. The smallest absolute Gasteiger partial charge is 0.517 e. The van der Waals surface area contributed by atoms with Crippen molar-refractivity contribution in [3.8, 4) is 0 Å². The topological polar surface area (TPSA) is 3.24 Å². The van der Waals surface area contributed by atoms with Gasteiger partial charge in [-0.2, -0.15) is 0 Å². The predicted octanol–water partition coefficient (Wildman–Crippen LogP) is 9.81. The van der Waals surface area contributed by atoms with E-state index in [-0.39, 0.29) is 18.9 Å². The van der Waals surface area contributed by atoms with E-state index in [1.165, 1.54) is 16.7 Å². The van der Waals surface area contributed by atoms with Crippen molar-refractivity contribution in [3.63, 3.8) is 0 Å². The SMILES string of the molecule is CC(C)c1cc(C(C)C)c([Si]2(c3c(C(C)C)cc(C(C)C)cc3C(C)C)[P-][Si]2(c2c(C(C)C)cc(C(C)C)cc2C(C)C)N(C)C)c(C(C)C)c1.[Li+]. The molecule has 0 N–H and O–H groups in total. The number of nitrogens with zero attached hydrogens (tertiary/aromatic N) is 1. The molecule has 1 aliphatic rings. The zero-order valence-corrected chi connectivity index (χ0v) is 40.4. The van der Waals surface area contributed by atoms with Crippen LogP contribution in [0.4, 0.5) is 0 Å². The van der Waals surface area contributed by atoms with Crippen LogP contribution >= 0.6 is 7.68 Å². The van der Waals surface area contributed by atoms with Crippen LogP contribution in [0.1, 0.15) is 228 Å². The molecule has 1 aliphatic heterocycles. The summed E-state index contributed by atoms with van der Waals surface area (Å²) in [4.78, 5) is 0. The van der Waals surface area contributed by atoms with E-state index in [1.807, 2.05) is 10.4 Å². The molecule has 3 aromatic carbocycles. The Morgan fingerprint density at radius 3 is 0.750 bits per heavy atom. The average molecular weight is 748 g/mol. The third-order valence-corrected chi connectivity index (χ3v) is 40.0. The van der Waals surface area contributed by atoms with E-state index < -0.39 is 14.7 Å². The van der Waals surface area contributed by atoms with E-state index in [9.17, 15) is 0 Å². The molecule has 0 spiro atoms. The summed E-state index contributed by atoms with van der Waals surface area (Å²) in [5, 5.41) is 5.43. The van der Waals surface area contributed by atoms with Crippen LogP contribution in [0.5, 0.6) is 0 Å². The molecule has 3 aromatic rings. The Bertz CT molecular complexity index is 1550. The van der Waals surface area contributed by atoms with Gasteiger partial charge in [-0.05, 0) is 132 Å². The summed E-state index contributed by atoms with van der Waals surface area (Å²) in [6.45, 7) is 44.1. The van der Waals surface area contributed by atoms with Gasteiger partial charge in [-0.25, -0.2) is 0 Å². The first-order valence-electron chi connectivity index (χ1n) is 20.5. The molecule has 282 valence electrons. The van der Waals surface area contributed by atoms with Gasteiger partial charge in [0.15, 0.2) is 0 Å². The van der Waals surface area contributed by atoms with Crippen LogP contribution in [0, 0.1) is 0 Å². The minimum atomic E-state index is -2.50. The van der Waals surface area contributed by atoms with E-state index in [0.29, 0.717) is 53.3 Å². The van der Waals surface area contributed by atoms with Gasteiger partial charge in [-0.3, -0.25) is 0 Å². The molecule has 0 bridgehead atoms. The number of benzene rings is 3. The Morgan fingerprint density at radius 2 is 0.577 bits per heavy atom. The summed E-state index contributed by atoms with van der Waals surface area (Å²) < 4.78 is 2.87. The molecular weight excluding hydrogens is 673 g/mol. The van der Waals surface area contributed by atoms with Crippen LogP contribution in [0.2, 0.25) is 0 Å². The molecule has 1 nitrogen and oxygen atoms in total. The first kappa shape index (κ1) is 45.5. The van der Waals surface area contributed by atoms with Gasteiger partial charge in [0.2, 0.25) is 0 Å². The Hall–Kier alpha value is -0.919. The summed E-state index contributed by atoms with van der Waals surface area (Å²) in [6, 6.07) is 16.0. The monoisotopic (exact) mass is 748 g/mol. The molecule has 0 aliphatic carbocycles. The predicted molar refractivity (Wildman–Crippen MR) is 237 cm³/mol. The van der Waals surface area contributed by atoms with E-state index in [0.717, 1.165) is 0 Å². The van der Waals surface area contributed by atoms with Crippen molar-refractivity contribution in [2.45, 2.75) is 178 Å². The van der Waals surface area contributed by atoms with Crippen LogP contribution in [-0.4, -0.2) is 33.3 Å². The van der Waals surface area contributed by atoms with Crippen molar-refractivity contribution in [2.75, 3.05) is 14.1 Å². The van der Waals surface area contributed by atoms with Crippen LogP contribution in [-0.2, 0) is 0 Å². The summed E-state index contributed by atoms with van der Waals surface area (Å²) in [6.07, 6.45) is 0. The molecule has 0 amide bonds. The van der Waals surface area contributed by atoms with Crippen LogP contribution in [0.25, 0.3) is 0 Å². The fourth-order valence-corrected chi connectivity index (χ4v) is 49.1. The Morgan fingerprint density at radius 1 is 0.365 bits per heavy atom. The molecule has 0 saturated carbocycles. The minimum Gasteiger partial charge on any atom is -0.517 e. The second-order valence-corrected chi connectivity index (χ2v) is 38.0. The van der Waals surface area contributed by atoms with Gasteiger partial charge in [0.05, 0.1) is 0 Å². The Labute approximate surface area is 337 Å². The zero-order chi connectivity index (χ0) is 38.7. The first-order valence-corrected chi connectivity index (χ1v) is 28.0. The normalized spacial score (nSPS) is 17.9. The maximum Gasteiger partial charge on any atom is 1.00 e. The maximum atomic E-state index is 2.87. The van der Waals surface area contributed by atoms with E-state index >= 15 is 0 Å². The number of hydrogen-bond acceptors (Lipinski definition) is 1. The van der Waals surface area contributed by atoms with Gasteiger partial charge < -0.3 is 12.2 Å². The molecule has 4 rings (SSSR count). The van der Waals surface area contributed by atoms with Crippen molar-refractivity contribution in [3.05, 3.63) is 86.5 Å². The third kappa shape index (κ3) is 7.87. The van der Waals surface area contributed by atoms with Gasteiger partial charge in [-0.15, -0.1) is 0 Å². The zero-order valence-electron chi connectivity index (χ0n) is 37.6. The van der Waals surface area contributed by atoms with Crippen LogP contribution < -0.4 is 34.4 Å². The van der Waals surface area contributed by atoms with Gasteiger partial charge in [0.25, 0.3) is 0 Å². The minimum absolute atomic E-state index is 0. The molecule has 0 aromatic heterocycles. The molecule has 5 heteroatoms. The molecule has 1 fully saturated rings.